The molecule has 3 N–H and O–H groups in total. The highest BCUT2D eigenvalue weighted by molar-refractivity contribution is 7.89. The summed E-state index contributed by atoms with van der Waals surface area (Å²) in [7, 11) is -3.76. The molecule has 2 aromatic heterocycles. The van der Waals surface area contributed by atoms with Crippen LogP contribution in [0, 0.1) is 6.92 Å². The van der Waals surface area contributed by atoms with Gasteiger partial charge in [0.15, 0.2) is 5.76 Å². The second-order valence-corrected chi connectivity index (χ2v) is 9.77. The smallest absolute Gasteiger partial charge is 0.291 e. The van der Waals surface area contributed by atoms with E-state index in [0.29, 0.717) is 28.5 Å². The topological polar surface area (TPSA) is 129 Å². The van der Waals surface area contributed by atoms with Crippen LogP contribution >= 0.6 is 11.3 Å². The Morgan fingerprint density at radius 1 is 1.09 bits per heavy atom. The highest BCUT2D eigenvalue weighted by atomic mass is 32.2. The van der Waals surface area contributed by atoms with Crippen molar-refractivity contribution in [2.45, 2.75) is 25.7 Å². The molecule has 1 aromatic carbocycles. The van der Waals surface area contributed by atoms with Crippen molar-refractivity contribution in [1.29, 1.82) is 0 Å². The molecule has 0 spiro atoms. The summed E-state index contributed by atoms with van der Waals surface area (Å²) >= 11 is 1.05. The van der Waals surface area contributed by atoms with Gasteiger partial charge in [0.1, 0.15) is 5.75 Å². The summed E-state index contributed by atoms with van der Waals surface area (Å²) in [6.07, 6.45) is 1.38. The third-order valence-electron chi connectivity index (χ3n) is 4.67. The van der Waals surface area contributed by atoms with Gasteiger partial charge in [-0.05, 0) is 48.9 Å². The summed E-state index contributed by atoms with van der Waals surface area (Å²) in [4.78, 5) is 25.2. The van der Waals surface area contributed by atoms with Crippen LogP contribution in [-0.2, 0) is 10.0 Å². The van der Waals surface area contributed by atoms with E-state index in [1.165, 1.54) is 34.8 Å². The Morgan fingerprint density at radius 2 is 1.81 bits per heavy atom. The van der Waals surface area contributed by atoms with Crippen LogP contribution in [0.15, 0.2) is 52.0 Å². The number of anilines is 2. The second-order valence-electron chi connectivity index (χ2n) is 6.78. The number of aryl methyl sites for hydroxylation is 1. The number of carbonyl (C=O) groups is 2. The molecule has 2 heterocycles. The lowest BCUT2D eigenvalue weighted by Gasteiger charge is -2.19. The van der Waals surface area contributed by atoms with Crippen LogP contribution in [0.2, 0.25) is 0 Å². The normalized spacial score (nSPS) is 11.5. The molecule has 170 valence electrons. The van der Waals surface area contributed by atoms with E-state index in [1.807, 2.05) is 0 Å². The monoisotopic (exact) mass is 477 g/mol. The number of nitrogens with zero attached hydrogens (tertiary/aromatic N) is 1. The Morgan fingerprint density at radius 3 is 2.44 bits per heavy atom. The number of hydrogen-bond acceptors (Lipinski definition) is 7. The summed E-state index contributed by atoms with van der Waals surface area (Å²) in [6, 6.07) is 8.49. The zero-order valence-corrected chi connectivity index (χ0v) is 19.3. The van der Waals surface area contributed by atoms with Crippen LogP contribution < -0.4 is 10.6 Å². The lowest BCUT2D eigenvalue weighted by atomic mass is 10.2. The van der Waals surface area contributed by atoms with Crippen molar-refractivity contribution in [3.63, 3.8) is 0 Å². The van der Waals surface area contributed by atoms with Crippen LogP contribution in [0.25, 0.3) is 0 Å². The molecular formula is C21H23N3O6S2. The molecule has 11 heteroatoms. The fourth-order valence-corrected chi connectivity index (χ4v) is 5.47. The van der Waals surface area contributed by atoms with E-state index in [0.717, 1.165) is 11.3 Å². The number of hydrogen-bond donors (Lipinski definition) is 3. The maximum atomic E-state index is 12.8. The molecule has 0 atom stereocenters. The Kier molecular flexibility index (Phi) is 7.02. The lowest BCUT2D eigenvalue weighted by Crippen LogP contribution is -2.30. The number of furan rings is 1. The van der Waals surface area contributed by atoms with Gasteiger partial charge in [0.2, 0.25) is 10.0 Å². The Bertz CT molecular complexity index is 1230. The van der Waals surface area contributed by atoms with Gasteiger partial charge in [-0.3, -0.25) is 9.59 Å². The average molecular weight is 478 g/mol. The van der Waals surface area contributed by atoms with Crippen LogP contribution in [0.1, 0.15) is 39.6 Å². The van der Waals surface area contributed by atoms with Gasteiger partial charge in [-0.25, -0.2) is 8.42 Å². The summed E-state index contributed by atoms with van der Waals surface area (Å²) in [5, 5.41) is 15.8. The van der Waals surface area contributed by atoms with E-state index in [9.17, 15) is 23.1 Å². The van der Waals surface area contributed by atoms with Gasteiger partial charge in [0, 0.05) is 13.1 Å². The van der Waals surface area contributed by atoms with Crippen molar-refractivity contribution in [3.05, 3.63) is 58.9 Å². The number of amides is 2. The molecule has 0 unspecified atom stereocenters. The average Bonchev–Trinajstić information content (AvgIpc) is 3.40. The van der Waals surface area contributed by atoms with E-state index >= 15 is 0 Å². The number of aromatic hydroxyl groups is 1. The van der Waals surface area contributed by atoms with Crippen molar-refractivity contribution in [2.75, 3.05) is 23.7 Å². The number of nitrogens with one attached hydrogen (secondary N) is 2. The number of phenolic OH excluding ortho intramolecular Hbond substituents is 1. The predicted molar refractivity (Wildman–Crippen MR) is 122 cm³/mol. The third-order valence-corrected chi connectivity index (χ3v) is 7.86. The minimum Gasteiger partial charge on any atom is -0.506 e. The molecule has 3 rings (SSSR count). The number of benzene rings is 1. The van der Waals surface area contributed by atoms with E-state index < -0.39 is 21.8 Å². The molecule has 0 aliphatic heterocycles. The van der Waals surface area contributed by atoms with Crippen molar-refractivity contribution < 1.29 is 27.5 Å². The van der Waals surface area contributed by atoms with Gasteiger partial charge in [-0.2, -0.15) is 4.31 Å². The highest BCUT2D eigenvalue weighted by Crippen LogP contribution is 2.31. The minimum atomic E-state index is -3.76. The maximum Gasteiger partial charge on any atom is 0.291 e. The van der Waals surface area contributed by atoms with Gasteiger partial charge in [-0.15, -0.1) is 11.3 Å². The molecule has 3 aromatic rings. The molecule has 0 saturated carbocycles. The van der Waals surface area contributed by atoms with Crippen LogP contribution in [0.4, 0.5) is 10.7 Å². The molecule has 0 saturated heterocycles. The molecule has 32 heavy (non-hydrogen) atoms. The number of sulfonamides is 1. The SMILES string of the molecule is CCN(CC)S(=O)(=O)c1ccc(O)c(NC(=O)c2sc(NC(=O)c3ccco3)cc2C)c1. The number of thiophene rings is 1. The molecule has 9 nitrogen and oxygen atoms in total. The predicted octanol–water partition coefficient (Wildman–Crippen LogP) is 3.89. The first kappa shape index (κ1) is 23.5. The van der Waals surface area contributed by atoms with Gasteiger partial charge >= 0.3 is 0 Å². The second kappa shape index (κ2) is 9.55. The van der Waals surface area contributed by atoms with Crippen molar-refractivity contribution in [2.24, 2.45) is 0 Å². The Hall–Kier alpha value is -3.15. The van der Waals surface area contributed by atoms with Gasteiger partial charge < -0.3 is 20.2 Å². The van der Waals surface area contributed by atoms with Crippen molar-refractivity contribution in [3.8, 4) is 5.75 Å². The fraction of sp³-hybridized carbons (Fsp3) is 0.238. The van der Waals surface area contributed by atoms with Crippen molar-refractivity contribution in [1.82, 2.24) is 4.31 Å². The lowest BCUT2D eigenvalue weighted by molar-refractivity contribution is 0.0995. The summed E-state index contributed by atoms with van der Waals surface area (Å²) in [5.74, 6) is -1.12. The van der Waals surface area contributed by atoms with E-state index in [2.05, 4.69) is 10.6 Å². The summed E-state index contributed by atoms with van der Waals surface area (Å²) in [6.45, 7) is 5.75. The van der Waals surface area contributed by atoms with E-state index in [-0.39, 0.29) is 22.1 Å². The third kappa shape index (κ3) is 4.85. The number of rotatable bonds is 8. The summed E-state index contributed by atoms with van der Waals surface area (Å²) < 4.78 is 31.8. The fourth-order valence-electron chi connectivity index (χ4n) is 3.02. The summed E-state index contributed by atoms with van der Waals surface area (Å²) in [5.41, 5.74) is 0.575. The molecule has 0 bridgehead atoms. The van der Waals surface area contributed by atoms with Crippen LogP contribution in [0.3, 0.4) is 0 Å². The van der Waals surface area contributed by atoms with Gasteiger partial charge in [-0.1, -0.05) is 13.8 Å². The Balaban J connectivity index is 1.82. The standard InChI is InChI=1S/C21H23N3O6S2/c1-4-24(5-2)32(28,29)14-8-9-16(25)15(12-14)22-21(27)19-13(3)11-18(31-19)23-20(26)17-7-6-10-30-17/h6-12,25H,4-5H2,1-3H3,(H,22,27)(H,23,26). The molecule has 0 aliphatic rings. The molecule has 0 radical (unpaired) electrons. The minimum absolute atomic E-state index is 0.0304. The maximum absolute atomic E-state index is 12.8. The molecular weight excluding hydrogens is 454 g/mol. The zero-order valence-electron chi connectivity index (χ0n) is 17.7. The Labute approximate surface area is 189 Å². The van der Waals surface area contributed by atoms with E-state index in [1.54, 1.807) is 32.9 Å². The quantitative estimate of drug-likeness (QED) is 0.422. The zero-order chi connectivity index (χ0) is 23.5. The molecule has 0 fully saturated rings. The molecule has 2 amide bonds. The first-order chi connectivity index (χ1) is 15.2. The number of phenols is 1. The van der Waals surface area contributed by atoms with Crippen LogP contribution in [0.5, 0.6) is 5.75 Å². The van der Waals surface area contributed by atoms with Crippen molar-refractivity contribution >= 4 is 43.9 Å². The number of carbonyl (C=O) groups excluding carboxylic acids is 2. The van der Waals surface area contributed by atoms with Gasteiger partial charge in [0.05, 0.1) is 26.7 Å². The largest absolute Gasteiger partial charge is 0.506 e. The van der Waals surface area contributed by atoms with Gasteiger partial charge in [0.25, 0.3) is 11.8 Å². The highest BCUT2D eigenvalue weighted by Gasteiger charge is 2.24. The first-order valence-corrected chi connectivity index (χ1v) is 12.0. The van der Waals surface area contributed by atoms with Crippen LogP contribution in [-0.4, -0.2) is 42.7 Å². The molecule has 0 aliphatic carbocycles. The first-order valence-electron chi connectivity index (χ1n) is 9.77. The van der Waals surface area contributed by atoms with E-state index in [4.69, 9.17) is 4.42 Å².